The Morgan fingerprint density at radius 1 is 1.06 bits per heavy atom. The fourth-order valence-corrected chi connectivity index (χ4v) is 1.39. The largest absolute Gasteiger partial charge is 0.465 e. The Kier molecular flexibility index (Phi) is 4.23. The molecule has 1 rings (SSSR count). The van der Waals surface area contributed by atoms with Crippen molar-refractivity contribution in [3.05, 3.63) is 34.9 Å². The van der Waals surface area contributed by atoms with Crippen LogP contribution in [0.3, 0.4) is 0 Å². The van der Waals surface area contributed by atoms with Crippen LogP contribution in [-0.4, -0.2) is 26.2 Å². The molecule has 0 unspecified atom stereocenters. The zero-order valence-electron chi connectivity index (χ0n) is 10.0. The molecule has 0 saturated heterocycles. The van der Waals surface area contributed by atoms with Crippen molar-refractivity contribution in [3.8, 4) is 0 Å². The van der Waals surface area contributed by atoms with Crippen LogP contribution in [0, 0.1) is 0 Å². The molecule has 5 heteroatoms. The van der Waals surface area contributed by atoms with Crippen LogP contribution in [0.25, 0.3) is 0 Å². The van der Waals surface area contributed by atoms with Gasteiger partial charge >= 0.3 is 11.9 Å². The highest BCUT2D eigenvalue weighted by atomic mass is 16.5. The van der Waals surface area contributed by atoms with Crippen LogP contribution in [0.15, 0.2) is 18.2 Å². The maximum absolute atomic E-state index is 11.4. The number of esters is 2. The number of rotatable bonds is 3. The average molecular weight is 237 g/mol. The third-order valence-electron chi connectivity index (χ3n) is 2.32. The van der Waals surface area contributed by atoms with E-state index in [-0.39, 0.29) is 17.2 Å². The van der Waals surface area contributed by atoms with Crippen molar-refractivity contribution in [1.29, 1.82) is 0 Å². The van der Waals surface area contributed by atoms with Gasteiger partial charge in [0.05, 0.1) is 25.3 Å². The normalized spacial score (nSPS) is 11.8. The number of hydrogen-bond donors (Lipinski definition) is 1. The van der Waals surface area contributed by atoms with Gasteiger partial charge in [0.1, 0.15) is 0 Å². The molecule has 0 fully saturated rings. The zero-order valence-corrected chi connectivity index (χ0v) is 10.0. The lowest BCUT2D eigenvalue weighted by molar-refractivity contribution is 0.0599. The van der Waals surface area contributed by atoms with Crippen LogP contribution in [-0.2, 0) is 9.47 Å². The molecule has 0 heterocycles. The summed E-state index contributed by atoms with van der Waals surface area (Å²) in [6.45, 7) is 1.76. The molecule has 0 aliphatic carbocycles. The lowest BCUT2D eigenvalue weighted by atomic mass is 10.0. The van der Waals surface area contributed by atoms with Gasteiger partial charge < -0.3 is 15.2 Å². The third kappa shape index (κ3) is 3.04. The van der Waals surface area contributed by atoms with Gasteiger partial charge in [0, 0.05) is 6.04 Å². The number of hydrogen-bond acceptors (Lipinski definition) is 5. The zero-order chi connectivity index (χ0) is 13.0. The summed E-state index contributed by atoms with van der Waals surface area (Å²) in [4.78, 5) is 22.9. The maximum atomic E-state index is 11.4. The summed E-state index contributed by atoms with van der Waals surface area (Å²) >= 11 is 0. The van der Waals surface area contributed by atoms with E-state index in [4.69, 9.17) is 5.73 Å². The summed E-state index contributed by atoms with van der Waals surface area (Å²) in [6, 6.07) is 4.33. The molecule has 0 saturated carbocycles. The number of carbonyl (C=O) groups excluding carboxylic acids is 2. The second-order valence-corrected chi connectivity index (χ2v) is 3.62. The minimum Gasteiger partial charge on any atom is -0.465 e. The van der Waals surface area contributed by atoms with E-state index in [1.807, 2.05) is 0 Å². The predicted octanol–water partition coefficient (Wildman–Crippen LogP) is 1.28. The van der Waals surface area contributed by atoms with Gasteiger partial charge in [-0.3, -0.25) is 0 Å². The molecule has 0 amide bonds. The molecule has 0 radical (unpaired) electrons. The summed E-state index contributed by atoms with van der Waals surface area (Å²) in [6.07, 6.45) is 0. The first-order chi connectivity index (χ1) is 7.99. The van der Waals surface area contributed by atoms with Crippen molar-refractivity contribution in [2.45, 2.75) is 13.0 Å². The third-order valence-corrected chi connectivity index (χ3v) is 2.32. The van der Waals surface area contributed by atoms with Crippen molar-refractivity contribution >= 4 is 11.9 Å². The highest BCUT2D eigenvalue weighted by molar-refractivity contribution is 5.95. The van der Waals surface area contributed by atoms with Gasteiger partial charge in [-0.15, -0.1) is 0 Å². The fourth-order valence-electron chi connectivity index (χ4n) is 1.39. The lowest BCUT2D eigenvalue weighted by Gasteiger charge is -2.10. The van der Waals surface area contributed by atoms with E-state index < -0.39 is 11.9 Å². The van der Waals surface area contributed by atoms with Crippen LogP contribution in [0.1, 0.15) is 39.2 Å². The second kappa shape index (κ2) is 5.45. The van der Waals surface area contributed by atoms with Crippen molar-refractivity contribution in [1.82, 2.24) is 0 Å². The van der Waals surface area contributed by atoms with E-state index in [0.29, 0.717) is 5.56 Å². The van der Waals surface area contributed by atoms with Crippen molar-refractivity contribution in [3.63, 3.8) is 0 Å². The van der Waals surface area contributed by atoms with Gasteiger partial charge in [0.15, 0.2) is 0 Å². The summed E-state index contributed by atoms with van der Waals surface area (Å²) in [5, 5.41) is 0. The minimum absolute atomic E-state index is 0.280. The number of nitrogens with two attached hydrogens (primary N) is 1. The summed E-state index contributed by atoms with van der Waals surface area (Å²) in [7, 11) is 2.55. The van der Waals surface area contributed by atoms with Crippen LogP contribution in [0.4, 0.5) is 0 Å². The van der Waals surface area contributed by atoms with E-state index in [9.17, 15) is 9.59 Å². The van der Waals surface area contributed by atoms with E-state index in [1.165, 1.54) is 20.3 Å². The Labute approximate surface area is 99.5 Å². The van der Waals surface area contributed by atoms with Crippen LogP contribution in [0.5, 0.6) is 0 Å². The maximum Gasteiger partial charge on any atom is 0.337 e. The Balaban J connectivity index is 3.28. The second-order valence-electron chi connectivity index (χ2n) is 3.62. The predicted molar refractivity (Wildman–Crippen MR) is 61.7 cm³/mol. The first kappa shape index (κ1) is 13.2. The molecule has 0 spiro atoms. The SMILES string of the molecule is COC(=O)c1cc(C(=O)OC)cc([C@H](C)N)c1. The topological polar surface area (TPSA) is 78.6 Å². The van der Waals surface area contributed by atoms with Gasteiger partial charge in [-0.25, -0.2) is 9.59 Å². The number of benzene rings is 1. The molecule has 1 aromatic carbocycles. The number of methoxy groups -OCH3 is 2. The highest BCUT2D eigenvalue weighted by Gasteiger charge is 2.14. The van der Waals surface area contributed by atoms with Crippen LogP contribution < -0.4 is 5.73 Å². The lowest BCUT2D eigenvalue weighted by Crippen LogP contribution is -2.11. The number of ether oxygens (including phenoxy) is 2. The average Bonchev–Trinajstić information content (AvgIpc) is 2.36. The van der Waals surface area contributed by atoms with Gasteiger partial charge in [-0.2, -0.15) is 0 Å². The summed E-state index contributed by atoms with van der Waals surface area (Å²) in [5.74, 6) is -1.03. The van der Waals surface area contributed by atoms with Gasteiger partial charge in [-0.1, -0.05) is 0 Å². The monoisotopic (exact) mass is 237 g/mol. The quantitative estimate of drug-likeness (QED) is 0.801. The molecular formula is C12H15NO4. The van der Waals surface area contributed by atoms with E-state index >= 15 is 0 Å². The first-order valence-corrected chi connectivity index (χ1v) is 5.06. The van der Waals surface area contributed by atoms with E-state index in [0.717, 1.165) is 0 Å². The van der Waals surface area contributed by atoms with E-state index in [1.54, 1.807) is 19.1 Å². The molecule has 0 aliphatic rings. The molecule has 1 aromatic rings. The standard InChI is InChI=1S/C12H15NO4/c1-7(13)8-4-9(11(14)16-2)6-10(5-8)12(15)17-3/h4-7H,13H2,1-3H3/t7-/m0/s1. The van der Waals surface area contributed by atoms with Crippen LogP contribution >= 0.6 is 0 Å². The fraction of sp³-hybridized carbons (Fsp3) is 0.333. The Hall–Kier alpha value is -1.88. The van der Waals surface area contributed by atoms with Gasteiger partial charge in [0.2, 0.25) is 0 Å². The molecule has 0 bridgehead atoms. The summed E-state index contributed by atoms with van der Waals surface area (Å²) < 4.78 is 9.22. The summed E-state index contributed by atoms with van der Waals surface area (Å²) in [5.41, 5.74) is 6.97. The molecule has 92 valence electrons. The molecular weight excluding hydrogens is 222 g/mol. The van der Waals surface area contributed by atoms with Crippen molar-refractivity contribution < 1.29 is 19.1 Å². The smallest absolute Gasteiger partial charge is 0.337 e. The molecule has 0 aromatic heterocycles. The first-order valence-electron chi connectivity index (χ1n) is 5.06. The van der Waals surface area contributed by atoms with Gasteiger partial charge in [0.25, 0.3) is 0 Å². The van der Waals surface area contributed by atoms with E-state index in [2.05, 4.69) is 9.47 Å². The molecule has 5 nitrogen and oxygen atoms in total. The van der Waals surface area contributed by atoms with Crippen molar-refractivity contribution in [2.75, 3.05) is 14.2 Å². The highest BCUT2D eigenvalue weighted by Crippen LogP contribution is 2.17. The Bertz CT molecular complexity index is 406. The molecule has 17 heavy (non-hydrogen) atoms. The molecule has 1 atom stereocenters. The molecule has 2 N–H and O–H groups in total. The minimum atomic E-state index is -0.516. The van der Waals surface area contributed by atoms with Gasteiger partial charge in [-0.05, 0) is 30.7 Å². The van der Waals surface area contributed by atoms with Crippen molar-refractivity contribution in [2.24, 2.45) is 5.73 Å². The van der Waals surface area contributed by atoms with Crippen LogP contribution in [0.2, 0.25) is 0 Å². The Morgan fingerprint density at radius 3 is 1.76 bits per heavy atom. The molecule has 0 aliphatic heterocycles. The number of carbonyl (C=O) groups is 2. The Morgan fingerprint density at radius 2 is 1.47 bits per heavy atom.